The Morgan fingerprint density at radius 1 is 1.00 bits per heavy atom. The van der Waals surface area contributed by atoms with Crippen molar-refractivity contribution in [1.29, 1.82) is 0 Å². The standard InChI is InChI=1S/C16H18N4O/c1-13(17-18-14-9-5-3-6-10-14)16(19-21)20(2)15-11-7-4-8-12-15/h3-12,18,21H,1-2H3/b17-13+,19-16+. The number of nitrogens with one attached hydrogen (secondary N) is 1. The van der Waals surface area contributed by atoms with E-state index in [4.69, 9.17) is 0 Å². The molecular weight excluding hydrogens is 264 g/mol. The molecule has 0 unspecified atom stereocenters. The summed E-state index contributed by atoms with van der Waals surface area (Å²) in [5.41, 5.74) is 5.30. The zero-order valence-corrected chi connectivity index (χ0v) is 12.1. The van der Waals surface area contributed by atoms with E-state index in [1.165, 1.54) is 0 Å². The Hall–Kier alpha value is -2.82. The van der Waals surface area contributed by atoms with Crippen molar-refractivity contribution in [1.82, 2.24) is 0 Å². The molecule has 0 atom stereocenters. The van der Waals surface area contributed by atoms with Crippen LogP contribution in [0.15, 0.2) is 70.9 Å². The van der Waals surface area contributed by atoms with Gasteiger partial charge in [0.25, 0.3) is 0 Å². The largest absolute Gasteiger partial charge is 0.409 e. The molecule has 2 N–H and O–H groups in total. The van der Waals surface area contributed by atoms with E-state index in [1.54, 1.807) is 11.8 Å². The first-order valence-electron chi connectivity index (χ1n) is 6.59. The van der Waals surface area contributed by atoms with E-state index in [2.05, 4.69) is 15.7 Å². The van der Waals surface area contributed by atoms with E-state index in [-0.39, 0.29) is 0 Å². The number of oxime groups is 1. The first kappa shape index (κ1) is 14.6. The molecule has 5 heteroatoms. The molecule has 0 bridgehead atoms. The molecule has 2 rings (SSSR count). The van der Waals surface area contributed by atoms with Gasteiger partial charge in [-0.1, -0.05) is 41.6 Å². The number of para-hydroxylation sites is 2. The van der Waals surface area contributed by atoms with Gasteiger partial charge in [0.05, 0.1) is 5.69 Å². The van der Waals surface area contributed by atoms with Gasteiger partial charge in [0.15, 0.2) is 5.84 Å². The van der Waals surface area contributed by atoms with Gasteiger partial charge in [-0.05, 0) is 31.2 Å². The van der Waals surface area contributed by atoms with Crippen LogP contribution in [0.3, 0.4) is 0 Å². The van der Waals surface area contributed by atoms with Gasteiger partial charge >= 0.3 is 0 Å². The quantitative estimate of drug-likeness (QED) is 0.391. The smallest absolute Gasteiger partial charge is 0.195 e. The van der Waals surface area contributed by atoms with Crippen LogP contribution >= 0.6 is 0 Å². The van der Waals surface area contributed by atoms with Crippen LogP contribution in [0.2, 0.25) is 0 Å². The van der Waals surface area contributed by atoms with E-state index in [0.717, 1.165) is 11.4 Å². The van der Waals surface area contributed by atoms with E-state index < -0.39 is 0 Å². The third-order valence-electron chi connectivity index (χ3n) is 3.01. The van der Waals surface area contributed by atoms with Crippen molar-refractivity contribution in [3.05, 3.63) is 60.7 Å². The number of hydrazone groups is 1. The van der Waals surface area contributed by atoms with Crippen molar-refractivity contribution in [3.63, 3.8) is 0 Å². The van der Waals surface area contributed by atoms with Gasteiger partial charge in [0.1, 0.15) is 5.71 Å². The lowest BCUT2D eigenvalue weighted by Crippen LogP contribution is -2.32. The summed E-state index contributed by atoms with van der Waals surface area (Å²) in [6.45, 7) is 1.78. The van der Waals surface area contributed by atoms with Crippen molar-refractivity contribution >= 4 is 22.9 Å². The van der Waals surface area contributed by atoms with E-state index >= 15 is 0 Å². The number of amidine groups is 1. The Kier molecular flexibility index (Phi) is 4.93. The predicted molar refractivity (Wildman–Crippen MR) is 87.2 cm³/mol. The molecule has 21 heavy (non-hydrogen) atoms. The minimum absolute atomic E-state index is 0.379. The van der Waals surface area contributed by atoms with Gasteiger partial charge in [0.2, 0.25) is 0 Å². The average Bonchev–Trinajstić information content (AvgIpc) is 2.55. The fraction of sp³-hybridized carbons (Fsp3) is 0.125. The summed E-state index contributed by atoms with van der Waals surface area (Å²) in [4.78, 5) is 1.77. The summed E-state index contributed by atoms with van der Waals surface area (Å²) in [6.07, 6.45) is 0. The fourth-order valence-corrected chi connectivity index (χ4v) is 1.87. The van der Waals surface area contributed by atoms with Crippen molar-refractivity contribution < 1.29 is 5.21 Å². The second-order valence-electron chi connectivity index (χ2n) is 4.49. The molecule has 2 aromatic carbocycles. The summed E-state index contributed by atoms with van der Waals surface area (Å²) in [7, 11) is 1.83. The maximum absolute atomic E-state index is 9.26. The molecule has 0 heterocycles. The molecular formula is C16H18N4O. The molecule has 0 aromatic heterocycles. The second-order valence-corrected chi connectivity index (χ2v) is 4.49. The normalized spacial score (nSPS) is 12.1. The topological polar surface area (TPSA) is 60.2 Å². The Morgan fingerprint density at radius 2 is 1.57 bits per heavy atom. The maximum atomic E-state index is 9.26. The predicted octanol–water partition coefficient (Wildman–Crippen LogP) is 3.40. The van der Waals surface area contributed by atoms with Crippen molar-refractivity contribution in [2.24, 2.45) is 10.3 Å². The minimum Gasteiger partial charge on any atom is -0.409 e. The molecule has 0 radical (unpaired) electrons. The number of anilines is 2. The number of benzene rings is 2. The number of nitrogens with zero attached hydrogens (tertiary/aromatic N) is 3. The number of hydrogen-bond acceptors (Lipinski definition) is 4. The summed E-state index contributed by atoms with van der Waals surface area (Å²) in [6, 6.07) is 19.3. The molecule has 0 saturated carbocycles. The minimum atomic E-state index is 0.379. The van der Waals surface area contributed by atoms with Gasteiger partial charge in [-0.3, -0.25) is 5.43 Å². The zero-order valence-electron chi connectivity index (χ0n) is 12.1. The number of rotatable bonds is 4. The van der Waals surface area contributed by atoms with Crippen LogP contribution < -0.4 is 10.3 Å². The Morgan fingerprint density at radius 3 is 2.14 bits per heavy atom. The van der Waals surface area contributed by atoms with E-state index in [0.29, 0.717) is 11.5 Å². The van der Waals surface area contributed by atoms with Crippen LogP contribution in [0.4, 0.5) is 11.4 Å². The summed E-state index contributed by atoms with van der Waals surface area (Å²) in [5.74, 6) is 0.379. The summed E-state index contributed by atoms with van der Waals surface area (Å²) in [5, 5.41) is 16.9. The molecule has 0 fully saturated rings. The van der Waals surface area contributed by atoms with Crippen LogP contribution in [0.25, 0.3) is 0 Å². The molecule has 0 saturated heterocycles. The molecule has 0 aliphatic carbocycles. The van der Waals surface area contributed by atoms with Gasteiger partial charge < -0.3 is 10.1 Å². The van der Waals surface area contributed by atoms with Crippen LogP contribution in [0, 0.1) is 0 Å². The van der Waals surface area contributed by atoms with E-state index in [9.17, 15) is 5.21 Å². The summed E-state index contributed by atoms with van der Waals surface area (Å²) >= 11 is 0. The van der Waals surface area contributed by atoms with Crippen LogP contribution in [0.1, 0.15) is 6.92 Å². The Balaban J connectivity index is 2.14. The monoisotopic (exact) mass is 282 g/mol. The zero-order chi connectivity index (χ0) is 15.1. The molecule has 108 valence electrons. The lowest BCUT2D eigenvalue weighted by molar-refractivity contribution is 0.319. The van der Waals surface area contributed by atoms with Crippen LogP contribution in [-0.2, 0) is 0 Å². The third kappa shape index (κ3) is 3.82. The first-order chi connectivity index (χ1) is 10.2. The van der Waals surface area contributed by atoms with Crippen LogP contribution in [-0.4, -0.2) is 23.8 Å². The van der Waals surface area contributed by atoms with Gasteiger partial charge in [-0.25, -0.2) is 0 Å². The lowest BCUT2D eigenvalue weighted by atomic mass is 10.2. The van der Waals surface area contributed by atoms with E-state index in [1.807, 2.05) is 67.7 Å². The number of hydrogen-bond donors (Lipinski definition) is 2. The average molecular weight is 282 g/mol. The van der Waals surface area contributed by atoms with Crippen molar-refractivity contribution in [3.8, 4) is 0 Å². The highest BCUT2D eigenvalue weighted by Crippen LogP contribution is 2.12. The first-order valence-corrected chi connectivity index (χ1v) is 6.59. The maximum Gasteiger partial charge on any atom is 0.195 e. The molecule has 0 amide bonds. The Labute approximate surface area is 124 Å². The SMILES string of the molecule is CC(=N\Nc1ccccc1)/C(=N\O)N(C)c1ccccc1. The molecule has 5 nitrogen and oxygen atoms in total. The molecule has 0 aliphatic heterocycles. The second kappa shape index (κ2) is 7.09. The van der Waals surface area contributed by atoms with Gasteiger partial charge in [-0.15, -0.1) is 0 Å². The highest BCUT2D eigenvalue weighted by Gasteiger charge is 2.12. The molecule has 0 aliphatic rings. The lowest BCUT2D eigenvalue weighted by Gasteiger charge is -2.19. The van der Waals surface area contributed by atoms with Crippen molar-refractivity contribution in [2.75, 3.05) is 17.4 Å². The fourth-order valence-electron chi connectivity index (χ4n) is 1.87. The molecule has 0 spiro atoms. The highest BCUT2D eigenvalue weighted by atomic mass is 16.4. The van der Waals surface area contributed by atoms with Crippen molar-refractivity contribution in [2.45, 2.75) is 6.92 Å². The molecule has 2 aromatic rings. The Bertz CT molecular complexity index is 623. The summed E-state index contributed by atoms with van der Waals surface area (Å²) < 4.78 is 0. The van der Waals surface area contributed by atoms with Gasteiger partial charge in [0, 0.05) is 12.7 Å². The van der Waals surface area contributed by atoms with Gasteiger partial charge in [-0.2, -0.15) is 5.10 Å². The van der Waals surface area contributed by atoms with Crippen LogP contribution in [0.5, 0.6) is 0 Å². The highest BCUT2D eigenvalue weighted by molar-refractivity contribution is 6.45. The third-order valence-corrected chi connectivity index (χ3v) is 3.01.